The molecule has 0 saturated carbocycles. The zero-order valence-corrected chi connectivity index (χ0v) is 10.1. The minimum absolute atomic E-state index is 0.0990. The number of phenols is 1. The Morgan fingerprint density at radius 1 is 1.50 bits per heavy atom. The van der Waals surface area contributed by atoms with Gasteiger partial charge in [0.15, 0.2) is 5.78 Å². The number of hydrogen-bond donors (Lipinski definition) is 1. The van der Waals surface area contributed by atoms with E-state index in [9.17, 15) is 9.90 Å². The first-order chi connectivity index (χ1) is 8.69. The van der Waals surface area contributed by atoms with Gasteiger partial charge in [-0.15, -0.1) is 0 Å². The molecule has 0 radical (unpaired) electrons. The molecular formula is C14H14N2O2. The van der Waals surface area contributed by atoms with Gasteiger partial charge >= 0.3 is 0 Å². The average Bonchev–Trinajstić information content (AvgIpc) is 2.85. The number of carbonyl (C=O) groups excluding carboxylic acids is 1. The fourth-order valence-electron chi connectivity index (χ4n) is 1.56. The number of phenolic OH excluding ortho intramolecular Hbond substituents is 1. The van der Waals surface area contributed by atoms with E-state index in [0.29, 0.717) is 5.56 Å². The van der Waals surface area contributed by atoms with Crippen LogP contribution in [0.25, 0.3) is 6.08 Å². The van der Waals surface area contributed by atoms with E-state index < -0.39 is 0 Å². The van der Waals surface area contributed by atoms with Crippen LogP contribution in [0.3, 0.4) is 0 Å². The van der Waals surface area contributed by atoms with Crippen molar-refractivity contribution in [2.75, 3.05) is 0 Å². The van der Waals surface area contributed by atoms with Crippen LogP contribution in [0.1, 0.15) is 22.8 Å². The van der Waals surface area contributed by atoms with Gasteiger partial charge in [-0.2, -0.15) is 5.10 Å². The van der Waals surface area contributed by atoms with Crippen molar-refractivity contribution in [1.82, 2.24) is 9.78 Å². The van der Waals surface area contributed by atoms with E-state index in [1.165, 1.54) is 6.08 Å². The summed E-state index contributed by atoms with van der Waals surface area (Å²) < 4.78 is 1.70. The first kappa shape index (κ1) is 12.1. The molecule has 1 heterocycles. The predicted molar refractivity (Wildman–Crippen MR) is 69.4 cm³/mol. The molecule has 1 aromatic carbocycles. The number of ketones is 1. The quantitative estimate of drug-likeness (QED) is 0.662. The summed E-state index contributed by atoms with van der Waals surface area (Å²) in [5.74, 6) is 0.0847. The molecule has 0 aliphatic heterocycles. The van der Waals surface area contributed by atoms with Gasteiger partial charge in [0.05, 0.1) is 11.8 Å². The molecule has 18 heavy (non-hydrogen) atoms. The van der Waals surface area contributed by atoms with E-state index in [2.05, 4.69) is 5.10 Å². The van der Waals surface area contributed by atoms with E-state index in [1.54, 1.807) is 41.4 Å². The number of aromatic hydroxyl groups is 1. The van der Waals surface area contributed by atoms with Gasteiger partial charge in [-0.25, -0.2) is 0 Å². The van der Waals surface area contributed by atoms with Crippen molar-refractivity contribution in [3.8, 4) is 5.75 Å². The van der Waals surface area contributed by atoms with Crippen molar-refractivity contribution in [2.45, 2.75) is 13.5 Å². The van der Waals surface area contributed by atoms with Crippen molar-refractivity contribution in [3.63, 3.8) is 0 Å². The highest BCUT2D eigenvalue weighted by Gasteiger charge is 2.04. The Morgan fingerprint density at radius 3 is 3.00 bits per heavy atom. The highest BCUT2D eigenvalue weighted by molar-refractivity contribution is 6.06. The number of benzene rings is 1. The van der Waals surface area contributed by atoms with E-state index in [4.69, 9.17) is 0 Å². The molecule has 0 bridgehead atoms. The summed E-state index contributed by atoms with van der Waals surface area (Å²) in [6, 6.07) is 6.73. The topological polar surface area (TPSA) is 55.1 Å². The maximum Gasteiger partial charge on any atom is 0.189 e. The largest absolute Gasteiger partial charge is 0.508 e. The Kier molecular flexibility index (Phi) is 3.57. The van der Waals surface area contributed by atoms with Crippen LogP contribution in [0.4, 0.5) is 0 Å². The second-order valence-corrected chi connectivity index (χ2v) is 3.88. The van der Waals surface area contributed by atoms with Gasteiger partial charge in [-0.05, 0) is 30.7 Å². The molecule has 4 heteroatoms. The number of aromatic nitrogens is 2. The third kappa shape index (κ3) is 2.85. The lowest BCUT2D eigenvalue weighted by molar-refractivity contribution is 0.104. The van der Waals surface area contributed by atoms with Crippen molar-refractivity contribution in [3.05, 3.63) is 53.9 Å². The van der Waals surface area contributed by atoms with Crippen molar-refractivity contribution < 1.29 is 9.90 Å². The van der Waals surface area contributed by atoms with Crippen molar-refractivity contribution >= 4 is 11.9 Å². The minimum atomic E-state index is -0.0990. The third-order valence-electron chi connectivity index (χ3n) is 2.54. The number of rotatable bonds is 4. The summed E-state index contributed by atoms with van der Waals surface area (Å²) in [6.07, 6.45) is 6.42. The second kappa shape index (κ2) is 5.31. The number of hydrogen-bond acceptors (Lipinski definition) is 3. The van der Waals surface area contributed by atoms with Crippen LogP contribution in [0, 0.1) is 0 Å². The van der Waals surface area contributed by atoms with E-state index in [0.717, 1.165) is 12.1 Å². The second-order valence-electron chi connectivity index (χ2n) is 3.88. The Hall–Kier alpha value is -2.36. The van der Waals surface area contributed by atoms with Gasteiger partial charge in [0.25, 0.3) is 0 Å². The van der Waals surface area contributed by atoms with Crippen LogP contribution in [-0.2, 0) is 6.54 Å². The molecule has 0 saturated heterocycles. The summed E-state index contributed by atoms with van der Waals surface area (Å²) in [7, 11) is 0. The van der Waals surface area contributed by atoms with Crippen LogP contribution in [0.5, 0.6) is 5.75 Å². The molecule has 4 nitrogen and oxygen atoms in total. The standard InChI is InChI=1S/C14H14N2O2/c1-2-16-10-12(9-15-16)14(18)7-6-11-4-3-5-13(17)8-11/h3-10,17H,2H2,1H3. The first-order valence-corrected chi connectivity index (χ1v) is 5.73. The van der Waals surface area contributed by atoms with Gasteiger partial charge in [0.1, 0.15) is 5.75 Å². The molecule has 0 atom stereocenters. The van der Waals surface area contributed by atoms with Gasteiger partial charge in [-0.1, -0.05) is 18.2 Å². The van der Waals surface area contributed by atoms with Gasteiger partial charge in [0, 0.05) is 12.7 Å². The highest BCUT2D eigenvalue weighted by atomic mass is 16.3. The zero-order chi connectivity index (χ0) is 13.0. The molecule has 0 amide bonds. The predicted octanol–water partition coefficient (Wildman–Crippen LogP) is 2.50. The van der Waals surface area contributed by atoms with Gasteiger partial charge < -0.3 is 5.11 Å². The smallest absolute Gasteiger partial charge is 0.189 e. The van der Waals surface area contributed by atoms with Crippen LogP contribution in [0.2, 0.25) is 0 Å². The maximum atomic E-state index is 11.8. The zero-order valence-electron chi connectivity index (χ0n) is 10.1. The fraction of sp³-hybridized carbons (Fsp3) is 0.143. The van der Waals surface area contributed by atoms with Crippen LogP contribution < -0.4 is 0 Å². The fourth-order valence-corrected chi connectivity index (χ4v) is 1.56. The molecule has 1 N–H and O–H groups in total. The normalized spacial score (nSPS) is 10.9. The molecule has 92 valence electrons. The Balaban J connectivity index is 2.11. The minimum Gasteiger partial charge on any atom is -0.508 e. The monoisotopic (exact) mass is 242 g/mol. The van der Waals surface area contributed by atoms with Crippen molar-refractivity contribution in [1.29, 1.82) is 0 Å². The third-order valence-corrected chi connectivity index (χ3v) is 2.54. The van der Waals surface area contributed by atoms with E-state index >= 15 is 0 Å². The van der Waals surface area contributed by atoms with Crippen LogP contribution >= 0.6 is 0 Å². The molecular weight excluding hydrogens is 228 g/mol. The van der Waals surface area contributed by atoms with Gasteiger partial charge in [-0.3, -0.25) is 9.48 Å². The summed E-state index contributed by atoms with van der Waals surface area (Å²) in [5, 5.41) is 13.3. The average molecular weight is 242 g/mol. The molecule has 0 spiro atoms. The number of allylic oxidation sites excluding steroid dienone is 1. The molecule has 0 fully saturated rings. The Labute approximate surface area is 105 Å². The SMILES string of the molecule is CCn1cc(C(=O)C=Cc2cccc(O)c2)cn1. The summed E-state index contributed by atoms with van der Waals surface area (Å²) in [6.45, 7) is 2.70. The number of aryl methyl sites for hydroxylation is 1. The molecule has 2 aromatic rings. The Morgan fingerprint density at radius 2 is 2.33 bits per heavy atom. The molecule has 1 aromatic heterocycles. The van der Waals surface area contributed by atoms with E-state index in [1.807, 2.05) is 13.0 Å². The lowest BCUT2D eigenvalue weighted by Gasteiger charge is -1.94. The number of carbonyl (C=O) groups is 1. The molecule has 0 unspecified atom stereocenters. The maximum absolute atomic E-state index is 11.8. The number of nitrogens with zero attached hydrogens (tertiary/aromatic N) is 2. The molecule has 2 rings (SSSR count). The lowest BCUT2D eigenvalue weighted by atomic mass is 10.1. The lowest BCUT2D eigenvalue weighted by Crippen LogP contribution is -1.94. The van der Waals surface area contributed by atoms with Crippen molar-refractivity contribution in [2.24, 2.45) is 0 Å². The molecule has 0 aliphatic carbocycles. The van der Waals surface area contributed by atoms with Crippen LogP contribution in [0.15, 0.2) is 42.7 Å². The summed E-state index contributed by atoms with van der Waals surface area (Å²) in [4.78, 5) is 11.8. The summed E-state index contributed by atoms with van der Waals surface area (Å²) >= 11 is 0. The molecule has 0 aliphatic rings. The first-order valence-electron chi connectivity index (χ1n) is 5.73. The van der Waals surface area contributed by atoms with Crippen LogP contribution in [-0.4, -0.2) is 20.7 Å². The Bertz CT molecular complexity index is 585. The summed E-state index contributed by atoms with van der Waals surface area (Å²) in [5.41, 5.74) is 1.35. The highest BCUT2D eigenvalue weighted by Crippen LogP contribution is 2.12. The van der Waals surface area contributed by atoms with E-state index in [-0.39, 0.29) is 11.5 Å². The van der Waals surface area contributed by atoms with Gasteiger partial charge in [0.2, 0.25) is 0 Å².